The van der Waals surface area contributed by atoms with Gasteiger partial charge in [-0.2, -0.15) is 5.10 Å². The fourth-order valence-electron chi connectivity index (χ4n) is 2.82. The minimum absolute atomic E-state index is 0.0203. The molecule has 1 aromatic carbocycles. The van der Waals surface area contributed by atoms with Gasteiger partial charge in [0.2, 0.25) is 15.9 Å². The van der Waals surface area contributed by atoms with E-state index in [-0.39, 0.29) is 17.8 Å². The van der Waals surface area contributed by atoms with Crippen LogP contribution in [0.4, 0.5) is 5.69 Å². The molecule has 130 valence electrons. The van der Waals surface area contributed by atoms with E-state index in [0.717, 1.165) is 30.5 Å². The third-order valence-corrected chi connectivity index (χ3v) is 5.43. The van der Waals surface area contributed by atoms with Crippen LogP contribution >= 0.6 is 0 Å². The van der Waals surface area contributed by atoms with Gasteiger partial charge in [0.15, 0.2) is 0 Å². The smallest absolute Gasteiger partial charge is 0.240 e. The van der Waals surface area contributed by atoms with E-state index in [9.17, 15) is 13.2 Å². The molecule has 2 aliphatic rings. The number of hydrazone groups is 1. The molecule has 3 rings (SSSR count). The summed E-state index contributed by atoms with van der Waals surface area (Å²) in [7, 11) is -3.44. The maximum Gasteiger partial charge on any atom is 0.240 e. The molecule has 7 nitrogen and oxygen atoms in total. The Hall–Kier alpha value is -1.93. The van der Waals surface area contributed by atoms with Crippen molar-refractivity contribution < 1.29 is 17.9 Å². The summed E-state index contributed by atoms with van der Waals surface area (Å²) in [5.74, 6) is -0.110. The summed E-state index contributed by atoms with van der Waals surface area (Å²) >= 11 is 0. The largest absolute Gasteiger partial charge is 0.377 e. The second-order valence-corrected chi connectivity index (χ2v) is 7.81. The minimum atomic E-state index is -3.44. The van der Waals surface area contributed by atoms with Crippen LogP contribution in [0.25, 0.3) is 0 Å². The van der Waals surface area contributed by atoms with Gasteiger partial charge in [0.05, 0.1) is 17.6 Å². The van der Waals surface area contributed by atoms with Crippen LogP contribution in [-0.4, -0.2) is 38.5 Å². The minimum Gasteiger partial charge on any atom is -0.377 e. The van der Waals surface area contributed by atoms with Crippen LogP contribution in [0.5, 0.6) is 0 Å². The van der Waals surface area contributed by atoms with Crippen LogP contribution in [0.15, 0.2) is 29.4 Å². The van der Waals surface area contributed by atoms with Gasteiger partial charge in [-0.1, -0.05) is 12.1 Å². The van der Waals surface area contributed by atoms with Crippen molar-refractivity contribution in [2.45, 2.75) is 38.2 Å². The maximum atomic E-state index is 12.2. The highest BCUT2D eigenvalue weighted by molar-refractivity contribution is 7.92. The third-order valence-electron chi connectivity index (χ3n) is 4.08. The van der Waals surface area contributed by atoms with E-state index in [1.165, 1.54) is 0 Å². The van der Waals surface area contributed by atoms with Crippen LogP contribution in [0.3, 0.4) is 0 Å². The summed E-state index contributed by atoms with van der Waals surface area (Å²) < 4.78 is 32.5. The third kappa shape index (κ3) is 4.55. The molecule has 0 aliphatic carbocycles. The molecule has 0 aromatic heterocycles. The SMILES string of the molecule is O=C1CCC(c2ccc(NS(=O)(=O)CC3CCCCO3)cc2)=NN1. The van der Waals surface area contributed by atoms with Crippen LogP contribution in [0, 0.1) is 0 Å². The second kappa shape index (κ2) is 7.31. The van der Waals surface area contributed by atoms with Gasteiger partial charge >= 0.3 is 0 Å². The maximum absolute atomic E-state index is 12.2. The molecule has 1 atom stereocenters. The Labute approximate surface area is 141 Å². The first-order valence-corrected chi connectivity index (χ1v) is 9.75. The predicted octanol–water partition coefficient (Wildman–Crippen LogP) is 1.61. The topological polar surface area (TPSA) is 96.9 Å². The van der Waals surface area contributed by atoms with Crippen LogP contribution in [0.2, 0.25) is 0 Å². The Morgan fingerprint density at radius 2 is 2.00 bits per heavy atom. The van der Waals surface area contributed by atoms with Gasteiger partial charge in [-0.25, -0.2) is 13.8 Å². The Bertz CT molecular complexity index is 722. The number of amides is 1. The van der Waals surface area contributed by atoms with E-state index in [2.05, 4.69) is 15.2 Å². The monoisotopic (exact) mass is 351 g/mol. The van der Waals surface area contributed by atoms with Crippen molar-refractivity contribution in [2.75, 3.05) is 17.1 Å². The zero-order chi connectivity index (χ0) is 17.0. The molecule has 2 aliphatic heterocycles. The van der Waals surface area contributed by atoms with Crippen molar-refractivity contribution in [1.82, 2.24) is 5.43 Å². The van der Waals surface area contributed by atoms with Gasteiger partial charge in [0.25, 0.3) is 0 Å². The van der Waals surface area contributed by atoms with Crippen molar-refractivity contribution in [3.63, 3.8) is 0 Å². The van der Waals surface area contributed by atoms with Crippen LogP contribution in [0.1, 0.15) is 37.7 Å². The number of hydrogen-bond donors (Lipinski definition) is 2. The van der Waals surface area contributed by atoms with Crippen molar-refractivity contribution >= 4 is 27.3 Å². The summed E-state index contributed by atoms with van der Waals surface area (Å²) in [5, 5.41) is 4.02. The van der Waals surface area contributed by atoms with Gasteiger partial charge in [-0.15, -0.1) is 0 Å². The molecule has 0 spiro atoms. The number of carbonyl (C=O) groups is 1. The molecule has 1 unspecified atom stereocenters. The number of rotatable bonds is 5. The van der Waals surface area contributed by atoms with Gasteiger partial charge in [0.1, 0.15) is 0 Å². The number of ether oxygens (including phenoxy) is 1. The molecule has 8 heteroatoms. The van der Waals surface area contributed by atoms with E-state index in [4.69, 9.17) is 4.74 Å². The molecule has 1 aromatic rings. The van der Waals surface area contributed by atoms with Crippen LogP contribution in [-0.2, 0) is 19.6 Å². The second-order valence-electron chi connectivity index (χ2n) is 6.04. The van der Waals surface area contributed by atoms with E-state index in [1.54, 1.807) is 24.3 Å². The lowest BCUT2D eigenvalue weighted by atomic mass is 10.0. The summed E-state index contributed by atoms with van der Waals surface area (Å²) in [6.07, 6.45) is 3.55. The summed E-state index contributed by atoms with van der Waals surface area (Å²) in [5.41, 5.74) is 4.62. The summed E-state index contributed by atoms with van der Waals surface area (Å²) in [4.78, 5) is 11.1. The number of nitrogens with zero attached hydrogens (tertiary/aromatic N) is 1. The molecular weight excluding hydrogens is 330 g/mol. The Morgan fingerprint density at radius 3 is 2.62 bits per heavy atom. The number of anilines is 1. The van der Waals surface area contributed by atoms with Crippen molar-refractivity contribution in [3.05, 3.63) is 29.8 Å². The Kier molecular flexibility index (Phi) is 5.15. The van der Waals surface area contributed by atoms with Crippen molar-refractivity contribution in [3.8, 4) is 0 Å². The quantitative estimate of drug-likeness (QED) is 0.842. The van der Waals surface area contributed by atoms with Gasteiger partial charge in [-0.05, 0) is 37.0 Å². The summed E-state index contributed by atoms with van der Waals surface area (Å²) in [6.45, 7) is 0.632. The fraction of sp³-hybridized carbons (Fsp3) is 0.500. The van der Waals surface area contributed by atoms with E-state index in [0.29, 0.717) is 25.1 Å². The Morgan fingerprint density at radius 1 is 1.21 bits per heavy atom. The molecule has 1 saturated heterocycles. The molecule has 24 heavy (non-hydrogen) atoms. The lowest BCUT2D eigenvalue weighted by molar-refractivity contribution is -0.121. The average Bonchev–Trinajstić information content (AvgIpc) is 2.56. The zero-order valence-corrected chi connectivity index (χ0v) is 14.1. The highest BCUT2D eigenvalue weighted by Crippen LogP contribution is 2.18. The molecular formula is C16H21N3O4S. The molecule has 1 fully saturated rings. The number of carbonyl (C=O) groups excluding carboxylic acids is 1. The van der Waals surface area contributed by atoms with Crippen LogP contribution < -0.4 is 10.1 Å². The zero-order valence-electron chi connectivity index (χ0n) is 13.3. The first kappa shape index (κ1) is 16.9. The summed E-state index contributed by atoms with van der Waals surface area (Å²) in [6, 6.07) is 7.00. The molecule has 2 heterocycles. The average molecular weight is 351 g/mol. The lowest BCUT2D eigenvalue weighted by Gasteiger charge is -2.22. The van der Waals surface area contributed by atoms with Gasteiger partial charge in [-0.3, -0.25) is 9.52 Å². The molecule has 0 bridgehead atoms. The lowest BCUT2D eigenvalue weighted by Crippen LogP contribution is -2.30. The number of hydrogen-bond acceptors (Lipinski definition) is 5. The number of benzene rings is 1. The standard InChI is InChI=1S/C16H21N3O4S/c20-16-9-8-15(17-18-16)12-4-6-13(7-5-12)19-24(21,22)11-14-3-1-2-10-23-14/h4-7,14,19H,1-3,8-11H2,(H,18,20). The Balaban J connectivity index is 1.62. The molecule has 2 N–H and O–H groups in total. The normalized spacial score (nSPS) is 21.8. The van der Waals surface area contributed by atoms with E-state index in [1.807, 2.05) is 0 Å². The molecule has 0 radical (unpaired) electrons. The highest BCUT2D eigenvalue weighted by atomic mass is 32.2. The number of sulfonamides is 1. The predicted molar refractivity (Wildman–Crippen MR) is 91.4 cm³/mol. The first-order chi connectivity index (χ1) is 11.5. The van der Waals surface area contributed by atoms with E-state index < -0.39 is 10.0 Å². The van der Waals surface area contributed by atoms with Crippen molar-refractivity contribution in [2.24, 2.45) is 5.10 Å². The number of nitrogens with one attached hydrogen (secondary N) is 2. The fourth-order valence-corrected chi connectivity index (χ4v) is 4.15. The highest BCUT2D eigenvalue weighted by Gasteiger charge is 2.22. The molecule has 1 amide bonds. The van der Waals surface area contributed by atoms with Gasteiger partial charge in [0, 0.05) is 25.1 Å². The first-order valence-electron chi connectivity index (χ1n) is 8.10. The molecule has 0 saturated carbocycles. The van der Waals surface area contributed by atoms with Gasteiger partial charge < -0.3 is 4.74 Å². The van der Waals surface area contributed by atoms with Crippen molar-refractivity contribution in [1.29, 1.82) is 0 Å². The van der Waals surface area contributed by atoms with E-state index >= 15 is 0 Å².